The van der Waals surface area contributed by atoms with Gasteiger partial charge in [-0.2, -0.15) is 0 Å². The number of nitro groups is 1. The zero-order chi connectivity index (χ0) is 16.2. The van der Waals surface area contributed by atoms with Crippen LogP contribution in [0.5, 0.6) is 0 Å². The van der Waals surface area contributed by atoms with Crippen molar-refractivity contribution in [3.8, 4) is 0 Å². The van der Waals surface area contributed by atoms with Gasteiger partial charge >= 0.3 is 5.97 Å². The van der Waals surface area contributed by atoms with E-state index >= 15 is 0 Å². The van der Waals surface area contributed by atoms with E-state index in [-0.39, 0.29) is 23.5 Å². The standard InChI is InChI=1S/C13H17N3O5/c1-13(2,12(18)19)7-15-9-5-4-8(11(17)14-3)6-10(9)16(20)21/h4-6,15H,7H2,1-3H3,(H,14,17)(H,18,19). The molecule has 3 N–H and O–H groups in total. The Labute approximate surface area is 121 Å². The fourth-order valence-corrected chi connectivity index (χ4v) is 1.51. The van der Waals surface area contributed by atoms with Gasteiger partial charge < -0.3 is 15.7 Å². The summed E-state index contributed by atoms with van der Waals surface area (Å²) in [5.41, 5.74) is -1.03. The van der Waals surface area contributed by atoms with Gasteiger partial charge in [-0.05, 0) is 26.0 Å². The number of nitro benzene ring substituents is 1. The van der Waals surface area contributed by atoms with E-state index in [1.54, 1.807) is 0 Å². The summed E-state index contributed by atoms with van der Waals surface area (Å²) in [5, 5.41) is 25.2. The fraction of sp³-hybridized carbons (Fsp3) is 0.385. The molecule has 0 fully saturated rings. The van der Waals surface area contributed by atoms with Gasteiger partial charge in [-0.25, -0.2) is 0 Å². The molecule has 0 saturated heterocycles. The summed E-state index contributed by atoms with van der Waals surface area (Å²) in [7, 11) is 1.43. The van der Waals surface area contributed by atoms with Crippen molar-refractivity contribution in [3.05, 3.63) is 33.9 Å². The van der Waals surface area contributed by atoms with E-state index < -0.39 is 22.2 Å². The smallest absolute Gasteiger partial charge is 0.310 e. The molecule has 0 aliphatic rings. The molecule has 0 atom stereocenters. The highest BCUT2D eigenvalue weighted by Crippen LogP contribution is 2.27. The van der Waals surface area contributed by atoms with Gasteiger partial charge in [-0.15, -0.1) is 0 Å². The lowest BCUT2D eigenvalue weighted by Crippen LogP contribution is -2.32. The summed E-state index contributed by atoms with van der Waals surface area (Å²) in [4.78, 5) is 32.9. The minimum absolute atomic E-state index is 0.0164. The molecule has 0 aromatic heterocycles. The number of carboxylic acid groups (broad SMARTS) is 1. The molecule has 0 aliphatic heterocycles. The number of amides is 1. The lowest BCUT2D eigenvalue weighted by Gasteiger charge is -2.20. The van der Waals surface area contributed by atoms with Gasteiger partial charge in [0.05, 0.1) is 10.3 Å². The Bertz CT molecular complexity index is 583. The van der Waals surface area contributed by atoms with Gasteiger partial charge in [-0.3, -0.25) is 19.7 Å². The Kier molecular flexibility index (Phi) is 4.85. The summed E-state index contributed by atoms with van der Waals surface area (Å²) < 4.78 is 0. The van der Waals surface area contributed by atoms with Gasteiger partial charge in [0.25, 0.3) is 11.6 Å². The van der Waals surface area contributed by atoms with Gasteiger partial charge in [0.1, 0.15) is 5.69 Å². The Morgan fingerprint density at radius 2 is 2.00 bits per heavy atom. The lowest BCUT2D eigenvalue weighted by molar-refractivity contribution is -0.384. The molecule has 1 aromatic carbocycles. The Hall–Kier alpha value is -2.64. The normalized spacial score (nSPS) is 10.8. The first kappa shape index (κ1) is 16.4. The molecule has 1 amide bonds. The number of anilines is 1. The molecular formula is C13H17N3O5. The van der Waals surface area contributed by atoms with Crippen molar-refractivity contribution in [2.75, 3.05) is 18.9 Å². The molecule has 8 heteroatoms. The third-order valence-corrected chi connectivity index (χ3v) is 2.98. The fourth-order valence-electron chi connectivity index (χ4n) is 1.51. The highest BCUT2D eigenvalue weighted by molar-refractivity contribution is 5.95. The predicted molar refractivity (Wildman–Crippen MR) is 76.4 cm³/mol. The molecule has 8 nitrogen and oxygen atoms in total. The van der Waals surface area contributed by atoms with Crippen LogP contribution in [-0.2, 0) is 4.79 Å². The molecule has 1 aromatic rings. The van der Waals surface area contributed by atoms with Crippen LogP contribution in [-0.4, -0.2) is 35.5 Å². The highest BCUT2D eigenvalue weighted by atomic mass is 16.6. The molecule has 0 heterocycles. The number of benzene rings is 1. The SMILES string of the molecule is CNC(=O)c1ccc(NCC(C)(C)C(=O)O)c([N+](=O)[O-])c1. The van der Waals surface area contributed by atoms with Crippen molar-refractivity contribution in [3.63, 3.8) is 0 Å². The molecule has 0 spiro atoms. The first-order valence-electron chi connectivity index (χ1n) is 6.17. The molecular weight excluding hydrogens is 278 g/mol. The van der Waals surface area contributed by atoms with Gasteiger partial charge in [0.2, 0.25) is 0 Å². The second-order valence-corrected chi connectivity index (χ2v) is 5.11. The van der Waals surface area contributed by atoms with Crippen molar-refractivity contribution >= 4 is 23.3 Å². The molecule has 21 heavy (non-hydrogen) atoms. The van der Waals surface area contributed by atoms with Crippen LogP contribution in [0, 0.1) is 15.5 Å². The van der Waals surface area contributed by atoms with E-state index in [2.05, 4.69) is 10.6 Å². The van der Waals surface area contributed by atoms with Gasteiger partial charge in [-0.1, -0.05) is 0 Å². The lowest BCUT2D eigenvalue weighted by atomic mass is 9.94. The van der Waals surface area contributed by atoms with Crippen molar-refractivity contribution in [1.29, 1.82) is 0 Å². The van der Waals surface area contributed by atoms with Crippen LogP contribution >= 0.6 is 0 Å². The maximum absolute atomic E-state index is 11.5. The summed E-state index contributed by atoms with van der Waals surface area (Å²) in [6.07, 6.45) is 0. The Morgan fingerprint density at radius 1 is 1.38 bits per heavy atom. The second-order valence-electron chi connectivity index (χ2n) is 5.11. The van der Waals surface area contributed by atoms with E-state index in [1.165, 1.54) is 33.0 Å². The quantitative estimate of drug-likeness (QED) is 0.539. The predicted octanol–water partition coefficient (Wildman–Crippen LogP) is 1.48. The minimum Gasteiger partial charge on any atom is -0.481 e. The minimum atomic E-state index is -1.08. The van der Waals surface area contributed by atoms with Crippen LogP contribution in [0.15, 0.2) is 18.2 Å². The molecule has 0 aliphatic carbocycles. The topological polar surface area (TPSA) is 122 Å². The largest absolute Gasteiger partial charge is 0.481 e. The molecule has 0 radical (unpaired) electrons. The number of nitrogens with zero attached hydrogens (tertiary/aromatic N) is 1. The first-order chi connectivity index (χ1) is 9.69. The summed E-state index contributed by atoms with van der Waals surface area (Å²) in [6, 6.07) is 3.97. The van der Waals surface area contributed by atoms with Crippen molar-refractivity contribution in [2.45, 2.75) is 13.8 Å². The Morgan fingerprint density at radius 3 is 2.48 bits per heavy atom. The number of carboxylic acids is 1. The van der Waals surface area contributed by atoms with Crippen LogP contribution in [0.25, 0.3) is 0 Å². The second kappa shape index (κ2) is 6.21. The summed E-state index contributed by atoms with van der Waals surface area (Å²) in [6.45, 7) is 3.03. The van der Waals surface area contributed by atoms with Crippen molar-refractivity contribution in [2.24, 2.45) is 5.41 Å². The highest BCUT2D eigenvalue weighted by Gasteiger charge is 2.28. The van der Waals surface area contributed by atoms with E-state index in [1.807, 2.05) is 0 Å². The number of hydrogen-bond donors (Lipinski definition) is 3. The molecule has 0 unspecified atom stereocenters. The van der Waals surface area contributed by atoms with Crippen molar-refractivity contribution < 1.29 is 19.6 Å². The van der Waals surface area contributed by atoms with E-state index in [4.69, 9.17) is 5.11 Å². The first-order valence-corrected chi connectivity index (χ1v) is 6.17. The van der Waals surface area contributed by atoms with Crippen LogP contribution in [0.4, 0.5) is 11.4 Å². The number of aliphatic carboxylic acids is 1. The molecule has 114 valence electrons. The molecule has 0 bridgehead atoms. The summed E-state index contributed by atoms with van der Waals surface area (Å²) >= 11 is 0. The monoisotopic (exact) mass is 295 g/mol. The number of carbonyl (C=O) groups is 2. The third-order valence-electron chi connectivity index (χ3n) is 2.98. The number of carbonyl (C=O) groups excluding carboxylic acids is 1. The van der Waals surface area contributed by atoms with E-state index in [0.29, 0.717) is 0 Å². The van der Waals surface area contributed by atoms with Crippen LogP contribution < -0.4 is 10.6 Å². The van der Waals surface area contributed by atoms with Crippen molar-refractivity contribution in [1.82, 2.24) is 5.32 Å². The number of nitrogens with one attached hydrogen (secondary N) is 2. The molecule has 0 saturated carbocycles. The summed E-state index contributed by atoms with van der Waals surface area (Å²) in [5.74, 6) is -1.45. The van der Waals surface area contributed by atoms with Crippen LogP contribution in [0.3, 0.4) is 0 Å². The maximum Gasteiger partial charge on any atom is 0.310 e. The zero-order valence-electron chi connectivity index (χ0n) is 12.0. The Balaban J connectivity index is 3.05. The van der Waals surface area contributed by atoms with Crippen LogP contribution in [0.2, 0.25) is 0 Å². The molecule has 1 rings (SSSR count). The van der Waals surface area contributed by atoms with Gasteiger partial charge in [0, 0.05) is 25.2 Å². The van der Waals surface area contributed by atoms with Gasteiger partial charge in [0.15, 0.2) is 0 Å². The average Bonchev–Trinajstić information content (AvgIpc) is 2.43. The van der Waals surface area contributed by atoms with Crippen LogP contribution in [0.1, 0.15) is 24.2 Å². The average molecular weight is 295 g/mol. The third kappa shape index (κ3) is 3.91. The zero-order valence-corrected chi connectivity index (χ0v) is 12.0. The van der Waals surface area contributed by atoms with E-state index in [0.717, 1.165) is 6.07 Å². The van der Waals surface area contributed by atoms with E-state index in [9.17, 15) is 19.7 Å². The maximum atomic E-state index is 11.5. The number of rotatable bonds is 6. The number of hydrogen-bond acceptors (Lipinski definition) is 5.